The molecule has 2 N–H and O–H groups in total. The van der Waals surface area contributed by atoms with E-state index in [9.17, 15) is 9.59 Å². The molecule has 1 aliphatic heterocycles. The van der Waals surface area contributed by atoms with Crippen molar-refractivity contribution in [3.63, 3.8) is 0 Å². The fourth-order valence-corrected chi connectivity index (χ4v) is 3.66. The Kier molecular flexibility index (Phi) is 6.92. The molecule has 0 saturated carbocycles. The maximum Gasteiger partial charge on any atom is 0.264 e. The summed E-state index contributed by atoms with van der Waals surface area (Å²) >= 11 is 1.43. The van der Waals surface area contributed by atoms with Crippen molar-refractivity contribution >= 4 is 35.6 Å². The summed E-state index contributed by atoms with van der Waals surface area (Å²) in [6.07, 6.45) is 3.55. The Hall–Kier alpha value is -1.96. The lowest BCUT2D eigenvalue weighted by molar-refractivity contribution is -0.119. The van der Waals surface area contributed by atoms with E-state index in [-0.39, 0.29) is 30.3 Å². The molecular weight excluding hydrogens is 360 g/mol. The van der Waals surface area contributed by atoms with Crippen LogP contribution in [-0.2, 0) is 11.3 Å². The Morgan fingerprint density at radius 3 is 2.96 bits per heavy atom. The zero-order chi connectivity index (χ0) is 16.9. The van der Waals surface area contributed by atoms with E-state index in [0.29, 0.717) is 18.0 Å². The van der Waals surface area contributed by atoms with Crippen LogP contribution in [0, 0.1) is 0 Å². The third-order valence-corrected chi connectivity index (χ3v) is 5.03. The fourth-order valence-electron chi connectivity index (χ4n) is 2.76. The van der Waals surface area contributed by atoms with Crippen LogP contribution in [-0.4, -0.2) is 41.3 Å². The molecule has 8 heteroatoms. The van der Waals surface area contributed by atoms with Gasteiger partial charge in [-0.25, -0.2) is 0 Å². The molecule has 1 aliphatic rings. The first-order valence-electron chi connectivity index (χ1n) is 7.90. The summed E-state index contributed by atoms with van der Waals surface area (Å²) in [5, 5.41) is 6.10. The number of aromatic nitrogens is 1. The van der Waals surface area contributed by atoms with Crippen LogP contribution < -0.4 is 10.6 Å². The van der Waals surface area contributed by atoms with Crippen LogP contribution >= 0.6 is 23.7 Å². The SMILES string of the molecule is CC(=O)NCc1ccc(C(=O)N2CCNCC2c2cccnc2)s1.Cl. The van der Waals surface area contributed by atoms with Crippen molar-refractivity contribution < 1.29 is 9.59 Å². The van der Waals surface area contributed by atoms with Crippen LogP contribution in [0.15, 0.2) is 36.7 Å². The highest BCUT2D eigenvalue weighted by Gasteiger charge is 2.29. The van der Waals surface area contributed by atoms with E-state index >= 15 is 0 Å². The molecule has 1 atom stereocenters. The number of hydrogen-bond acceptors (Lipinski definition) is 5. The summed E-state index contributed by atoms with van der Waals surface area (Å²) < 4.78 is 0. The molecule has 3 rings (SSSR count). The third kappa shape index (κ3) is 4.78. The number of nitrogens with zero attached hydrogens (tertiary/aromatic N) is 2. The Morgan fingerprint density at radius 1 is 1.40 bits per heavy atom. The molecule has 0 aromatic carbocycles. The van der Waals surface area contributed by atoms with Gasteiger partial charge >= 0.3 is 0 Å². The number of pyridine rings is 1. The summed E-state index contributed by atoms with van der Waals surface area (Å²) in [5.41, 5.74) is 1.04. The van der Waals surface area contributed by atoms with Gasteiger partial charge in [0.1, 0.15) is 0 Å². The van der Waals surface area contributed by atoms with Crippen LogP contribution in [0.2, 0.25) is 0 Å². The molecule has 1 saturated heterocycles. The number of halogens is 1. The van der Waals surface area contributed by atoms with Gasteiger partial charge in [-0.1, -0.05) is 6.07 Å². The van der Waals surface area contributed by atoms with E-state index in [0.717, 1.165) is 23.5 Å². The first kappa shape index (κ1) is 19.4. The zero-order valence-corrected chi connectivity index (χ0v) is 15.5. The molecule has 2 aromatic rings. The monoisotopic (exact) mass is 380 g/mol. The van der Waals surface area contributed by atoms with Crippen molar-refractivity contribution in [2.75, 3.05) is 19.6 Å². The topological polar surface area (TPSA) is 74.3 Å². The van der Waals surface area contributed by atoms with E-state index in [2.05, 4.69) is 15.6 Å². The quantitative estimate of drug-likeness (QED) is 0.850. The van der Waals surface area contributed by atoms with Gasteiger partial charge in [0.2, 0.25) is 5.91 Å². The smallest absolute Gasteiger partial charge is 0.264 e. The lowest BCUT2D eigenvalue weighted by Crippen LogP contribution is -2.48. The second kappa shape index (κ2) is 8.94. The minimum atomic E-state index is -0.0741. The van der Waals surface area contributed by atoms with E-state index < -0.39 is 0 Å². The average molecular weight is 381 g/mol. The largest absolute Gasteiger partial charge is 0.351 e. The van der Waals surface area contributed by atoms with Crippen LogP contribution in [0.25, 0.3) is 0 Å². The summed E-state index contributed by atoms with van der Waals surface area (Å²) in [6, 6.07) is 7.62. The van der Waals surface area contributed by atoms with Gasteiger partial charge in [-0.15, -0.1) is 23.7 Å². The number of carbonyl (C=O) groups excluding carboxylic acids is 2. The minimum absolute atomic E-state index is 0. The van der Waals surface area contributed by atoms with Crippen LogP contribution in [0.4, 0.5) is 0 Å². The summed E-state index contributed by atoms with van der Waals surface area (Å²) in [6.45, 7) is 4.12. The zero-order valence-electron chi connectivity index (χ0n) is 13.9. The highest BCUT2D eigenvalue weighted by atomic mass is 35.5. The lowest BCUT2D eigenvalue weighted by atomic mass is 10.1. The minimum Gasteiger partial charge on any atom is -0.351 e. The molecule has 0 aliphatic carbocycles. The van der Waals surface area contributed by atoms with Gasteiger partial charge in [0.25, 0.3) is 5.91 Å². The average Bonchev–Trinajstić information content (AvgIpc) is 3.09. The molecule has 0 radical (unpaired) electrons. The molecule has 1 fully saturated rings. The standard InChI is InChI=1S/C17H20N4O2S.ClH/c1-12(22)20-10-14-4-5-16(24-14)17(23)21-8-7-19-11-15(21)13-3-2-6-18-9-13;/h2-6,9,15,19H,7-8,10-11H2,1H3,(H,20,22);1H. The molecule has 1 unspecified atom stereocenters. The second-order valence-corrected chi connectivity index (χ2v) is 6.85. The van der Waals surface area contributed by atoms with Crippen LogP contribution in [0.3, 0.4) is 0 Å². The molecule has 134 valence electrons. The van der Waals surface area contributed by atoms with E-state index in [4.69, 9.17) is 0 Å². The lowest BCUT2D eigenvalue weighted by Gasteiger charge is -2.36. The predicted molar refractivity (Wildman–Crippen MR) is 100.0 cm³/mol. The first-order chi connectivity index (χ1) is 11.6. The third-order valence-electron chi connectivity index (χ3n) is 3.96. The Balaban J connectivity index is 0.00000225. The first-order valence-corrected chi connectivity index (χ1v) is 8.71. The van der Waals surface area contributed by atoms with E-state index in [1.165, 1.54) is 18.3 Å². The second-order valence-electron chi connectivity index (χ2n) is 5.68. The van der Waals surface area contributed by atoms with Crippen molar-refractivity contribution in [3.8, 4) is 0 Å². The van der Waals surface area contributed by atoms with Crippen LogP contribution in [0.1, 0.15) is 33.1 Å². The number of carbonyl (C=O) groups is 2. The summed E-state index contributed by atoms with van der Waals surface area (Å²) in [7, 11) is 0. The Bertz CT molecular complexity index is 722. The normalized spacial score (nSPS) is 16.8. The predicted octanol–water partition coefficient (Wildman–Crippen LogP) is 1.99. The van der Waals surface area contributed by atoms with Gasteiger partial charge in [0.15, 0.2) is 0 Å². The van der Waals surface area contributed by atoms with Crippen molar-refractivity contribution in [2.45, 2.75) is 19.5 Å². The van der Waals surface area contributed by atoms with Crippen molar-refractivity contribution in [3.05, 3.63) is 52.0 Å². The molecule has 0 bridgehead atoms. The number of nitrogens with one attached hydrogen (secondary N) is 2. The molecule has 25 heavy (non-hydrogen) atoms. The molecule has 0 spiro atoms. The number of amides is 2. The Morgan fingerprint density at radius 2 is 2.24 bits per heavy atom. The highest BCUT2D eigenvalue weighted by Crippen LogP contribution is 2.26. The van der Waals surface area contributed by atoms with Crippen molar-refractivity contribution in [1.29, 1.82) is 0 Å². The van der Waals surface area contributed by atoms with Crippen LogP contribution in [0.5, 0.6) is 0 Å². The van der Waals surface area contributed by atoms with Crippen molar-refractivity contribution in [2.24, 2.45) is 0 Å². The highest BCUT2D eigenvalue weighted by molar-refractivity contribution is 7.14. The van der Waals surface area contributed by atoms with E-state index in [1.807, 2.05) is 35.4 Å². The van der Waals surface area contributed by atoms with Crippen molar-refractivity contribution in [1.82, 2.24) is 20.5 Å². The van der Waals surface area contributed by atoms with Gasteiger partial charge < -0.3 is 15.5 Å². The molecule has 6 nitrogen and oxygen atoms in total. The Labute approximate surface area is 157 Å². The maximum atomic E-state index is 12.9. The fraction of sp³-hybridized carbons (Fsp3) is 0.353. The van der Waals surface area contributed by atoms with Gasteiger partial charge in [-0.05, 0) is 23.8 Å². The molecule has 2 amide bonds. The maximum absolute atomic E-state index is 12.9. The van der Waals surface area contributed by atoms with Gasteiger partial charge in [-0.3, -0.25) is 14.6 Å². The number of rotatable bonds is 4. The van der Waals surface area contributed by atoms with Gasteiger partial charge in [0.05, 0.1) is 17.5 Å². The molecule has 2 aromatic heterocycles. The number of piperazine rings is 1. The molecule has 3 heterocycles. The molecular formula is C17H21ClN4O2S. The summed E-state index contributed by atoms with van der Waals surface area (Å²) in [5.74, 6) is -0.0422. The van der Waals surface area contributed by atoms with E-state index in [1.54, 1.807) is 6.20 Å². The van der Waals surface area contributed by atoms with Gasteiger partial charge in [-0.2, -0.15) is 0 Å². The van der Waals surface area contributed by atoms with Gasteiger partial charge in [0, 0.05) is 43.8 Å². The number of hydrogen-bond donors (Lipinski definition) is 2. The number of thiophene rings is 1. The summed E-state index contributed by atoms with van der Waals surface area (Å²) in [4.78, 5) is 31.7.